The summed E-state index contributed by atoms with van der Waals surface area (Å²) in [5, 5.41) is 0.395. The van der Waals surface area contributed by atoms with E-state index in [1.165, 1.54) is 18.2 Å². The Hall–Kier alpha value is -1.77. The summed E-state index contributed by atoms with van der Waals surface area (Å²) in [5.41, 5.74) is 4.61. The van der Waals surface area contributed by atoms with Crippen molar-refractivity contribution in [3.8, 4) is 11.1 Å². The van der Waals surface area contributed by atoms with Gasteiger partial charge >= 0.3 is 6.18 Å². The van der Waals surface area contributed by atoms with E-state index < -0.39 is 11.9 Å². The first kappa shape index (κ1) is 19.0. The second kappa shape index (κ2) is 7.09. The molecule has 1 aromatic carbocycles. The van der Waals surface area contributed by atoms with E-state index >= 15 is 0 Å². The number of hydrogen-bond donors (Lipinski definition) is 1. The summed E-state index contributed by atoms with van der Waals surface area (Å²) in [5.74, 6) is -0.292. The maximum absolute atomic E-state index is 13.7. The molecule has 0 unspecified atom stereocenters. The fraction of sp³-hybridized carbons (Fsp3) is 0.375. The number of alkyl halides is 3. The third-order valence-corrected chi connectivity index (χ3v) is 4.57. The zero-order valence-corrected chi connectivity index (χ0v) is 15.3. The highest BCUT2D eigenvalue weighted by Gasteiger charge is 2.38. The van der Waals surface area contributed by atoms with Crippen molar-refractivity contribution < 1.29 is 13.2 Å². The van der Waals surface area contributed by atoms with Gasteiger partial charge in [-0.05, 0) is 30.8 Å². The molecule has 0 radical (unpaired) electrons. The number of anilines is 2. The number of nitrogens with two attached hydrogens (primary N) is 1. The van der Waals surface area contributed by atoms with Gasteiger partial charge in [0.05, 0.1) is 5.56 Å². The fourth-order valence-electron chi connectivity index (χ4n) is 2.80. The van der Waals surface area contributed by atoms with E-state index in [2.05, 4.69) is 14.9 Å². The molecule has 0 aliphatic carbocycles. The van der Waals surface area contributed by atoms with Crippen LogP contribution < -0.4 is 10.6 Å². The minimum Gasteiger partial charge on any atom is -0.383 e. The first-order valence-electron chi connectivity index (χ1n) is 7.80. The van der Waals surface area contributed by atoms with Crippen LogP contribution in [0.4, 0.5) is 24.9 Å². The van der Waals surface area contributed by atoms with Crippen LogP contribution in [0, 0.1) is 0 Å². The number of hydrogen-bond acceptors (Lipinski definition) is 5. The van der Waals surface area contributed by atoms with E-state index in [4.69, 9.17) is 28.9 Å². The second-order valence-corrected chi connectivity index (χ2v) is 6.95. The van der Waals surface area contributed by atoms with Crippen molar-refractivity contribution >= 4 is 35.0 Å². The maximum atomic E-state index is 13.7. The van der Waals surface area contributed by atoms with Gasteiger partial charge in [-0.2, -0.15) is 18.2 Å². The molecule has 0 saturated carbocycles. The van der Waals surface area contributed by atoms with Crippen LogP contribution in [0.2, 0.25) is 10.0 Å². The highest BCUT2D eigenvalue weighted by atomic mass is 35.5. The molecular weight excluding hydrogens is 390 g/mol. The summed E-state index contributed by atoms with van der Waals surface area (Å²) in [4.78, 5) is 11.7. The zero-order valence-electron chi connectivity index (χ0n) is 13.8. The van der Waals surface area contributed by atoms with Crippen molar-refractivity contribution in [2.45, 2.75) is 6.18 Å². The molecule has 0 atom stereocenters. The Bertz CT molecular complexity index is 800. The number of aromatic nitrogens is 2. The average molecular weight is 406 g/mol. The quantitative estimate of drug-likeness (QED) is 0.822. The summed E-state index contributed by atoms with van der Waals surface area (Å²) >= 11 is 11.9. The summed E-state index contributed by atoms with van der Waals surface area (Å²) in [7, 11) is 1.94. The van der Waals surface area contributed by atoms with Crippen molar-refractivity contribution in [3.63, 3.8) is 0 Å². The number of benzene rings is 1. The first-order chi connectivity index (χ1) is 12.1. The van der Waals surface area contributed by atoms with E-state index in [-0.39, 0.29) is 32.9 Å². The standard InChI is InChI=1S/C16H16Cl2F3N5/c1-25-2-4-26(5-3-25)15-23-13(16(19,20)21)12(14(22)24-15)9-6-10(17)8-11(18)7-9/h6-8H,2-5H2,1H3,(H2,22,23,24). The van der Waals surface area contributed by atoms with E-state index in [0.29, 0.717) is 26.2 Å². The van der Waals surface area contributed by atoms with Crippen molar-refractivity contribution in [1.29, 1.82) is 0 Å². The molecule has 2 heterocycles. The van der Waals surface area contributed by atoms with E-state index in [0.717, 1.165) is 0 Å². The van der Waals surface area contributed by atoms with Crippen LogP contribution in [0.1, 0.15) is 5.69 Å². The Morgan fingerprint density at radius 1 is 1.00 bits per heavy atom. The van der Waals surface area contributed by atoms with Gasteiger partial charge in [0.2, 0.25) is 5.95 Å². The lowest BCUT2D eigenvalue weighted by molar-refractivity contribution is -0.140. The van der Waals surface area contributed by atoms with Gasteiger partial charge in [-0.3, -0.25) is 0 Å². The molecule has 2 N–H and O–H groups in total. The smallest absolute Gasteiger partial charge is 0.383 e. The Balaban J connectivity index is 2.13. The van der Waals surface area contributed by atoms with Crippen LogP contribution in [-0.4, -0.2) is 48.1 Å². The molecule has 140 valence electrons. The van der Waals surface area contributed by atoms with E-state index in [1.807, 2.05) is 7.05 Å². The van der Waals surface area contributed by atoms with Gasteiger partial charge < -0.3 is 15.5 Å². The van der Waals surface area contributed by atoms with Crippen LogP contribution in [-0.2, 0) is 6.18 Å². The predicted octanol–water partition coefficient (Wildman–Crippen LogP) is 3.80. The predicted molar refractivity (Wildman–Crippen MR) is 96.6 cm³/mol. The number of nitrogen functional groups attached to an aromatic ring is 1. The monoisotopic (exact) mass is 405 g/mol. The molecule has 1 fully saturated rings. The molecule has 26 heavy (non-hydrogen) atoms. The molecule has 5 nitrogen and oxygen atoms in total. The summed E-state index contributed by atoms with van der Waals surface area (Å²) in [6, 6.07) is 4.13. The zero-order chi connectivity index (χ0) is 19.1. The minimum absolute atomic E-state index is 0.0280. The van der Waals surface area contributed by atoms with Gasteiger partial charge in [-0.1, -0.05) is 23.2 Å². The SMILES string of the molecule is CN1CCN(c2nc(N)c(-c3cc(Cl)cc(Cl)c3)c(C(F)(F)F)n2)CC1. The number of likely N-dealkylation sites (N-methyl/N-ethyl adjacent to an activating group) is 1. The van der Waals surface area contributed by atoms with Crippen LogP contribution >= 0.6 is 23.2 Å². The van der Waals surface area contributed by atoms with Gasteiger partial charge in [0.1, 0.15) is 5.82 Å². The van der Waals surface area contributed by atoms with Crippen molar-refractivity contribution in [2.24, 2.45) is 0 Å². The minimum atomic E-state index is -4.71. The lowest BCUT2D eigenvalue weighted by atomic mass is 10.0. The van der Waals surface area contributed by atoms with Gasteiger partial charge in [0.15, 0.2) is 5.69 Å². The molecule has 0 spiro atoms. The second-order valence-electron chi connectivity index (χ2n) is 6.08. The lowest BCUT2D eigenvalue weighted by Crippen LogP contribution is -2.45. The van der Waals surface area contributed by atoms with Crippen molar-refractivity contribution in [3.05, 3.63) is 33.9 Å². The molecule has 1 aliphatic heterocycles. The molecular formula is C16H16Cl2F3N5. The average Bonchev–Trinajstić information content (AvgIpc) is 2.53. The Morgan fingerprint density at radius 3 is 2.12 bits per heavy atom. The van der Waals surface area contributed by atoms with Gasteiger partial charge in [-0.15, -0.1) is 0 Å². The third-order valence-electron chi connectivity index (χ3n) is 4.13. The van der Waals surface area contributed by atoms with Crippen LogP contribution in [0.5, 0.6) is 0 Å². The highest BCUT2D eigenvalue weighted by molar-refractivity contribution is 6.35. The summed E-state index contributed by atoms with van der Waals surface area (Å²) < 4.78 is 41.1. The molecule has 1 saturated heterocycles. The normalized spacial score (nSPS) is 16.2. The summed E-state index contributed by atoms with van der Waals surface area (Å²) in [6.45, 7) is 2.46. The van der Waals surface area contributed by atoms with Crippen molar-refractivity contribution in [2.75, 3.05) is 43.9 Å². The number of nitrogens with zero attached hydrogens (tertiary/aromatic N) is 4. The molecule has 1 aromatic heterocycles. The Labute approximate surface area is 158 Å². The van der Waals surface area contributed by atoms with Gasteiger partial charge in [0, 0.05) is 36.2 Å². The molecule has 2 aromatic rings. The molecule has 0 bridgehead atoms. The van der Waals surface area contributed by atoms with Gasteiger partial charge in [-0.25, -0.2) is 4.98 Å². The molecule has 1 aliphatic rings. The third kappa shape index (κ3) is 3.97. The van der Waals surface area contributed by atoms with Crippen LogP contribution in [0.3, 0.4) is 0 Å². The lowest BCUT2D eigenvalue weighted by Gasteiger charge is -2.33. The highest BCUT2D eigenvalue weighted by Crippen LogP contribution is 2.40. The van der Waals surface area contributed by atoms with Crippen LogP contribution in [0.25, 0.3) is 11.1 Å². The molecule has 10 heteroatoms. The first-order valence-corrected chi connectivity index (χ1v) is 8.55. The Kier molecular flexibility index (Phi) is 5.18. The number of piperazine rings is 1. The maximum Gasteiger partial charge on any atom is 0.434 e. The van der Waals surface area contributed by atoms with Crippen LogP contribution in [0.15, 0.2) is 18.2 Å². The molecule has 0 amide bonds. The molecule has 3 rings (SSSR count). The topological polar surface area (TPSA) is 58.3 Å². The number of rotatable bonds is 2. The largest absolute Gasteiger partial charge is 0.434 e. The van der Waals surface area contributed by atoms with Gasteiger partial charge in [0.25, 0.3) is 0 Å². The number of halogens is 5. The van der Waals surface area contributed by atoms with Crippen molar-refractivity contribution in [1.82, 2.24) is 14.9 Å². The van der Waals surface area contributed by atoms with E-state index in [9.17, 15) is 13.2 Å². The Morgan fingerprint density at radius 2 is 1.58 bits per heavy atom. The fourth-order valence-corrected chi connectivity index (χ4v) is 3.33. The van der Waals surface area contributed by atoms with E-state index in [1.54, 1.807) is 4.90 Å². The summed E-state index contributed by atoms with van der Waals surface area (Å²) in [6.07, 6.45) is -4.71.